The Kier molecular flexibility index (Phi) is 4.71. The molecule has 0 fully saturated rings. The van der Waals surface area contributed by atoms with Gasteiger partial charge in [-0.1, -0.05) is 11.6 Å². The summed E-state index contributed by atoms with van der Waals surface area (Å²) in [4.78, 5) is 24.4. The molecule has 116 valence electrons. The van der Waals surface area contributed by atoms with E-state index in [2.05, 4.69) is 0 Å². The van der Waals surface area contributed by atoms with Crippen LogP contribution in [-0.4, -0.2) is 23.4 Å². The van der Waals surface area contributed by atoms with Gasteiger partial charge in [0, 0.05) is 27.5 Å². The molecule has 22 heavy (non-hydrogen) atoms. The molecule has 2 aromatic rings. The Morgan fingerprint density at radius 1 is 1.18 bits per heavy atom. The molecule has 0 aliphatic rings. The summed E-state index contributed by atoms with van der Waals surface area (Å²) in [5.74, 6) is -0.430. The highest BCUT2D eigenvalue weighted by atomic mass is 35.5. The molecule has 0 N–H and O–H groups in total. The number of hydrogen-bond acceptors (Lipinski definition) is 3. The number of aromatic nitrogens is 1. The van der Waals surface area contributed by atoms with E-state index in [9.17, 15) is 9.59 Å². The SMILES string of the molecule is COC(=O)C(C)n1c(C)cc(C(=O)c2ccc(Cl)cc2)c1C. The predicted molar refractivity (Wildman–Crippen MR) is 85.5 cm³/mol. The predicted octanol–water partition coefficient (Wildman–Crippen LogP) is 3.72. The number of ether oxygens (including phenoxy) is 1. The first-order chi connectivity index (χ1) is 10.4. The normalized spacial score (nSPS) is 12.0. The van der Waals surface area contributed by atoms with Crippen LogP contribution in [0, 0.1) is 13.8 Å². The van der Waals surface area contributed by atoms with Gasteiger partial charge in [0.05, 0.1) is 7.11 Å². The number of methoxy groups -OCH3 is 1. The molecule has 0 radical (unpaired) electrons. The molecule has 0 spiro atoms. The molecular formula is C17H18ClNO3. The summed E-state index contributed by atoms with van der Waals surface area (Å²) in [6.45, 7) is 5.45. The number of carbonyl (C=O) groups excluding carboxylic acids is 2. The zero-order chi connectivity index (χ0) is 16.4. The zero-order valence-electron chi connectivity index (χ0n) is 13.0. The third-order valence-corrected chi connectivity index (χ3v) is 4.02. The summed E-state index contributed by atoms with van der Waals surface area (Å²) in [7, 11) is 1.35. The van der Waals surface area contributed by atoms with E-state index in [0.29, 0.717) is 16.1 Å². The van der Waals surface area contributed by atoms with Crippen molar-refractivity contribution in [2.45, 2.75) is 26.8 Å². The average Bonchev–Trinajstić information content (AvgIpc) is 2.80. The largest absolute Gasteiger partial charge is 0.467 e. The molecule has 0 aliphatic carbocycles. The first kappa shape index (κ1) is 16.3. The minimum Gasteiger partial charge on any atom is -0.467 e. The standard InChI is InChI=1S/C17H18ClNO3/c1-10-9-15(11(2)19(10)12(3)17(21)22-4)16(20)13-5-7-14(18)8-6-13/h5-9,12H,1-4H3. The Bertz CT molecular complexity index is 716. The minimum absolute atomic E-state index is 0.0897. The number of rotatable bonds is 4. The number of halogens is 1. The lowest BCUT2D eigenvalue weighted by atomic mass is 10.0. The fraction of sp³-hybridized carbons (Fsp3) is 0.294. The summed E-state index contributed by atoms with van der Waals surface area (Å²) in [5.41, 5.74) is 2.73. The van der Waals surface area contributed by atoms with Gasteiger partial charge >= 0.3 is 5.97 Å². The number of ketones is 1. The van der Waals surface area contributed by atoms with Gasteiger partial charge in [0.1, 0.15) is 6.04 Å². The Labute approximate surface area is 134 Å². The van der Waals surface area contributed by atoms with E-state index in [1.54, 1.807) is 37.3 Å². The van der Waals surface area contributed by atoms with Crippen LogP contribution in [0.2, 0.25) is 5.02 Å². The van der Waals surface area contributed by atoms with Crippen LogP contribution in [0.5, 0.6) is 0 Å². The molecule has 1 aromatic heterocycles. The molecule has 5 heteroatoms. The van der Waals surface area contributed by atoms with Crippen molar-refractivity contribution in [3.63, 3.8) is 0 Å². The van der Waals surface area contributed by atoms with Gasteiger partial charge in [-0.2, -0.15) is 0 Å². The number of carbonyl (C=O) groups is 2. The molecule has 2 rings (SSSR count). The van der Waals surface area contributed by atoms with E-state index in [1.807, 2.05) is 18.4 Å². The van der Waals surface area contributed by atoms with Crippen molar-refractivity contribution in [2.75, 3.05) is 7.11 Å². The number of hydrogen-bond donors (Lipinski definition) is 0. The Morgan fingerprint density at radius 2 is 1.77 bits per heavy atom. The van der Waals surface area contributed by atoms with E-state index < -0.39 is 6.04 Å². The highest BCUT2D eigenvalue weighted by Gasteiger charge is 2.23. The van der Waals surface area contributed by atoms with Crippen molar-refractivity contribution >= 4 is 23.4 Å². The van der Waals surface area contributed by atoms with Gasteiger partial charge in [-0.25, -0.2) is 4.79 Å². The third kappa shape index (κ3) is 2.92. The lowest BCUT2D eigenvalue weighted by Crippen LogP contribution is -2.20. The average molecular weight is 320 g/mol. The Balaban J connectivity index is 2.43. The van der Waals surface area contributed by atoms with E-state index in [4.69, 9.17) is 16.3 Å². The van der Waals surface area contributed by atoms with Crippen molar-refractivity contribution in [3.8, 4) is 0 Å². The highest BCUT2D eigenvalue weighted by Crippen LogP contribution is 2.24. The number of esters is 1. The maximum absolute atomic E-state index is 12.6. The molecule has 0 bridgehead atoms. The topological polar surface area (TPSA) is 48.3 Å². The molecule has 1 aromatic carbocycles. The Hall–Kier alpha value is -2.07. The number of nitrogens with zero attached hydrogens (tertiary/aromatic N) is 1. The van der Waals surface area contributed by atoms with Crippen LogP contribution in [0.1, 0.15) is 40.3 Å². The Morgan fingerprint density at radius 3 is 2.32 bits per heavy atom. The van der Waals surface area contributed by atoms with Gasteiger partial charge < -0.3 is 9.30 Å². The molecule has 1 heterocycles. The van der Waals surface area contributed by atoms with Crippen LogP contribution in [0.25, 0.3) is 0 Å². The first-order valence-corrected chi connectivity index (χ1v) is 7.31. The molecule has 4 nitrogen and oxygen atoms in total. The fourth-order valence-electron chi connectivity index (χ4n) is 2.64. The summed E-state index contributed by atoms with van der Waals surface area (Å²) in [5, 5.41) is 0.585. The van der Waals surface area contributed by atoms with Crippen LogP contribution in [0.4, 0.5) is 0 Å². The van der Waals surface area contributed by atoms with E-state index in [1.165, 1.54) is 7.11 Å². The van der Waals surface area contributed by atoms with Gasteiger partial charge in [0.2, 0.25) is 0 Å². The molecule has 0 saturated carbocycles. The second-order valence-electron chi connectivity index (χ2n) is 5.19. The molecule has 1 unspecified atom stereocenters. The second-order valence-corrected chi connectivity index (χ2v) is 5.63. The molecule has 0 aliphatic heterocycles. The van der Waals surface area contributed by atoms with Gasteiger partial charge in [-0.3, -0.25) is 4.79 Å². The minimum atomic E-state index is -0.475. The third-order valence-electron chi connectivity index (χ3n) is 3.76. The van der Waals surface area contributed by atoms with Crippen molar-refractivity contribution in [1.82, 2.24) is 4.57 Å². The van der Waals surface area contributed by atoms with E-state index >= 15 is 0 Å². The monoisotopic (exact) mass is 319 g/mol. The summed E-state index contributed by atoms with van der Waals surface area (Å²) in [6.07, 6.45) is 0. The lowest BCUT2D eigenvalue weighted by Gasteiger charge is -2.16. The van der Waals surface area contributed by atoms with Crippen LogP contribution in [-0.2, 0) is 9.53 Å². The molecule has 0 amide bonds. The molecular weight excluding hydrogens is 302 g/mol. The fourth-order valence-corrected chi connectivity index (χ4v) is 2.76. The van der Waals surface area contributed by atoms with Crippen molar-refractivity contribution in [3.05, 3.63) is 57.9 Å². The van der Waals surface area contributed by atoms with Gasteiger partial charge in [0.25, 0.3) is 0 Å². The van der Waals surface area contributed by atoms with E-state index in [0.717, 1.165) is 11.4 Å². The van der Waals surface area contributed by atoms with Crippen LogP contribution in [0.3, 0.4) is 0 Å². The number of benzene rings is 1. The van der Waals surface area contributed by atoms with Crippen LogP contribution < -0.4 is 0 Å². The zero-order valence-corrected chi connectivity index (χ0v) is 13.8. The van der Waals surface area contributed by atoms with Gasteiger partial charge in [-0.05, 0) is 51.1 Å². The summed E-state index contributed by atoms with van der Waals surface area (Å²) >= 11 is 5.85. The number of aryl methyl sites for hydroxylation is 1. The van der Waals surface area contributed by atoms with Crippen molar-refractivity contribution < 1.29 is 14.3 Å². The first-order valence-electron chi connectivity index (χ1n) is 6.93. The van der Waals surface area contributed by atoms with Crippen LogP contribution >= 0.6 is 11.6 Å². The van der Waals surface area contributed by atoms with Crippen molar-refractivity contribution in [2.24, 2.45) is 0 Å². The lowest BCUT2D eigenvalue weighted by molar-refractivity contribution is -0.144. The quantitative estimate of drug-likeness (QED) is 0.637. The van der Waals surface area contributed by atoms with Crippen molar-refractivity contribution in [1.29, 1.82) is 0 Å². The maximum atomic E-state index is 12.6. The molecule has 0 saturated heterocycles. The highest BCUT2D eigenvalue weighted by molar-refractivity contribution is 6.30. The van der Waals surface area contributed by atoms with Gasteiger partial charge in [0.15, 0.2) is 5.78 Å². The maximum Gasteiger partial charge on any atom is 0.328 e. The van der Waals surface area contributed by atoms with Gasteiger partial charge in [-0.15, -0.1) is 0 Å². The smallest absolute Gasteiger partial charge is 0.328 e. The summed E-state index contributed by atoms with van der Waals surface area (Å²) in [6, 6.07) is 8.08. The molecule has 1 atom stereocenters. The van der Waals surface area contributed by atoms with Crippen LogP contribution in [0.15, 0.2) is 30.3 Å². The summed E-state index contributed by atoms with van der Waals surface area (Å²) < 4.78 is 6.60. The van der Waals surface area contributed by atoms with E-state index in [-0.39, 0.29) is 11.8 Å². The second kappa shape index (κ2) is 6.36.